The number of rotatable bonds is 12. The highest BCUT2D eigenvalue weighted by atomic mass is 32.2. The summed E-state index contributed by atoms with van der Waals surface area (Å²) >= 11 is 1.77. The maximum atomic E-state index is 14.9. The first kappa shape index (κ1) is 34.9. The molecule has 0 spiro atoms. The van der Waals surface area contributed by atoms with E-state index in [-0.39, 0.29) is 41.7 Å². The predicted octanol–water partition coefficient (Wildman–Crippen LogP) is 7.64. The van der Waals surface area contributed by atoms with Crippen molar-refractivity contribution in [1.82, 2.24) is 0 Å². The molecule has 0 aromatic heterocycles. The van der Waals surface area contributed by atoms with Crippen molar-refractivity contribution < 1.29 is 33.2 Å². The van der Waals surface area contributed by atoms with E-state index < -0.39 is 29.5 Å². The standard InChI is InChI=1S/C38H50O7S/c1-9-32(42-22-26-15-18-28(41-8)19-16-26)38(23-44-37(5,6)45-38)33-25(2)34(39)35(43-24-40-7)30-20-17-27(36(30,3)4)21-31(33)46-29-13-11-10-12-14-29/h9-16,18-19,21,25,30-33,35H,1,17,20,22-24H2,2-8H3/t25-,30?,31+,32+,33+,35+,38-/m0/s1. The van der Waals surface area contributed by atoms with Crippen LogP contribution in [0.2, 0.25) is 0 Å². The monoisotopic (exact) mass is 650 g/mol. The quantitative estimate of drug-likeness (QED) is 0.172. The molecule has 0 radical (unpaired) electrons. The van der Waals surface area contributed by atoms with E-state index in [0.717, 1.165) is 29.1 Å². The predicted molar refractivity (Wildman–Crippen MR) is 181 cm³/mol. The van der Waals surface area contributed by atoms with Crippen LogP contribution in [0.5, 0.6) is 5.75 Å². The van der Waals surface area contributed by atoms with Crippen LogP contribution in [-0.2, 0) is 35.1 Å². The Balaban J connectivity index is 1.64. The highest BCUT2D eigenvalue weighted by molar-refractivity contribution is 8.00. The lowest BCUT2D eigenvalue weighted by atomic mass is 9.70. The molecule has 0 N–H and O–H groups in total. The van der Waals surface area contributed by atoms with Crippen molar-refractivity contribution in [2.24, 2.45) is 23.2 Å². The number of hydrogen-bond donors (Lipinski definition) is 0. The molecule has 5 rings (SSSR count). The van der Waals surface area contributed by atoms with Gasteiger partial charge in [0.2, 0.25) is 0 Å². The minimum atomic E-state index is -1.03. The average Bonchev–Trinajstić information content (AvgIpc) is 3.52. The second kappa shape index (κ2) is 14.3. The first-order valence-corrected chi connectivity index (χ1v) is 17.1. The summed E-state index contributed by atoms with van der Waals surface area (Å²) in [5.74, 6) is -0.864. The normalized spacial score (nSPS) is 31.0. The van der Waals surface area contributed by atoms with Crippen LogP contribution in [0.25, 0.3) is 0 Å². The van der Waals surface area contributed by atoms with Gasteiger partial charge >= 0.3 is 0 Å². The molecule has 46 heavy (non-hydrogen) atoms. The van der Waals surface area contributed by atoms with Gasteiger partial charge in [-0.3, -0.25) is 4.79 Å². The lowest BCUT2D eigenvalue weighted by Gasteiger charge is -2.46. The van der Waals surface area contributed by atoms with Crippen molar-refractivity contribution in [3.63, 3.8) is 0 Å². The topological polar surface area (TPSA) is 72.5 Å². The zero-order valence-corrected chi connectivity index (χ0v) is 29.1. The summed E-state index contributed by atoms with van der Waals surface area (Å²) < 4.78 is 37.1. The summed E-state index contributed by atoms with van der Waals surface area (Å²) in [6.07, 6.45) is 4.82. The SMILES string of the molecule is C=C[C@@H](OCc1ccc(OC)cc1)[C@]1([C@@H]2[C@H](C)C(=O)[C@H](OCOC)C3CCC(=C[C@H]2Sc2ccccc2)C3(C)C)COC(C)(C)O1. The molecule has 7 atom stereocenters. The summed E-state index contributed by atoms with van der Waals surface area (Å²) in [6, 6.07) is 18.2. The molecule has 2 aliphatic carbocycles. The third kappa shape index (κ3) is 7.03. The van der Waals surface area contributed by atoms with Crippen molar-refractivity contribution in [3.8, 4) is 5.75 Å². The number of allylic oxidation sites excluding steroid dienone is 1. The van der Waals surface area contributed by atoms with Crippen molar-refractivity contribution in [2.45, 2.75) is 87.8 Å². The fraction of sp³-hybridized carbons (Fsp3) is 0.553. The van der Waals surface area contributed by atoms with Gasteiger partial charge in [0.1, 0.15) is 30.4 Å². The molecule has 1 heterocycles. The number of ether oxygens (including phenoxy) is 6. The first-order chi connectivity index (χ1) is 22.0. The Morgan fingerprint density at radius 2 is 1.78 bits per heavy atom. The molecule has 2 aromatic carbocycles. The number of hydrogen-bond acceptors (Lipinski definition) is 8. The van der Waals surface area contributed by atoms with Gasteiger partial charge in [-0.1, -0.05) is 68.8 Å². The number of benzene rings is 2. The van der Waals surface area contributed by atoms with E-state index in [1.807, 2.05) is 57.2 Å². The zero-order chi connectivity index (χ0) is 33.1. The average molecular weight is 651 g/mol. The van der Waals surface area contributed by atoms with Crippen molar-refractivity contribution >= 4 is 17.5 Å². The maximum Gasteiger partial charge on any atom is 0.165 e. The van der Waals surface area contributed by atoms with Crippen LogP contribution in [-0.4, -0.2) is 62.2 Å². The first-order valence-electron chi connectivity index (χ1n) is 16.2. The van der Waals surface area contributed by atoms with E-state index in [4.69, 9.17) is 28.4 Å². The third-order valence-electron chi connectivity index (χ3n) is 10.1. The minimum absolute atomic E-state index is 0.0274. The van der Waals surface area contributed by atoms with Gasteiger partial charge in [0.25, 0.3) is 0 Å². The Bertz CT molecular complexity index is 1370. The number of fused-ring (bicyclic) bond motifs is 2. The smallest absolute Gasteiger partial charge is 0.165 e. The summed E-state index contributed by atoms with van der Waals surface area (Å²) in [6.45, 7) is 15.2. The molecular formula is C38H50O7S. The lowest BCUT2D eigenvalue weighted by Crippen LogP contribution is -2.59. The third-order valence-corrected chi connectivity index (χ3v) is 11.4. The molecule has 250 valence electrons. The van der Waals surface area contributed by atoms with Gasteiger partial charge < -0.3 is 28.4 Å². The molecule has 0 amide bonds. The van der Waals surface area contributed by atoms with Gasteiger partial charge in [0, 0.05) is 35.0 Å². The van der Waals surface area contributed by atoms with Gasteiger partial charge in [-0.2, -0.15) is 0 Å². The van der Waals surface area contributed by atoms with Gasteiger partial charge in [0.15, 0.2) is 11.6 Å². The molecule has 1 aliphatic heterocycles. The largest absolute Gasteiger partial charge is 0.497 e. The van der Waals surface area contributed by atoms with Crippen LogP contribution in [0.3, 0.4) is 0 Å². The summed E-state index contributed by atoms with van der Waals surface area (Å²) in [4.78, 5) is 16.0. The summed E-state index contributed by atoms with van der Waals surface area (Å²) in [5, 5.41) is -0.139. The Hall–Kier alpha value is -2.46. The van der Waals surface area contributed by atoms with E-state index in [0.29, 0.717) is 6.61 Å². The van der Waals surface area contributed by atoms with Gasteiger partial charge in [-0.25, -0.2) is 0 Å². The van der Waals surface area contributed by atoms with Crippen LogP contribution in [0.15, 0.2) is 83.8 Å². The maximum absolute atomic E-state index is 14.9. The van der Waals surface area contributed by atoms with Crippen LogP contribution >= 0.6 is 11.8 Å². The second-order valence-electron chi connectivity index (χ2n) is 13.7. The Kier molecular flexibility index (Phi) is 10.9. The van der Waals surface area contributed by atoms with E-state index in [1.165, 1.54) is 5.57 Å². The molecule has 3 aliphatic rings. The second-order valence-corrected chi connectivity index (χ2v) is 15.0. The Labute approximate surface area is 279 Å². The van der Waals surface area contributed by atoms with Gasteiger partial charge in [-0.15, -0.1) is 18.3 Å². The van der Waals surface area contributed by atoms with Crippen LogP contribution < -0.4 is 4.74 Å². The summed E-state index contributed by atoms with van der Waals surface area (Å²) in [5.41, 5.74) is 1.06. The number of Topliss-reactive ketones (excluding diaryl/α,β-unsaturated/α-hetero) is 1. The molecule has 2 fully saturated rings. The number of carbonyl (C=O) groups is 1. The fourth-order valence-corrected chi connectivity index (χ4v) is 9.17. The van der Waals surface area contributed by atoms with E-state index >= 15 is 0 Å². The van der Waals surface area contributed by atoms with Crippen LogP contribution in [0.1, 0.15) is 53.0 Å². The lowest BCUT2D eigenvalue weighted by molar-refractivity contribution is -0.208. The molecule has 1 saturated carbocycles. The van der Waals surface area contributed by atoms with Crippen molar-refractivity contribution in [2.75, 3.05) is 27.6 Å². The Morgan fingerprint density at radius 1 is 1.07 bits per heavy atom. The molecular weight excluding hydrogens is 600 g/mol. The van der Waals surface area contributed by atoms with Gasteiger partial charge in [0.05, 0.1) is 20.3 Å². The van der Waals surface area contributed by atoms with E-state index in [1.54, 1.807) is 26.0 Å². The van der Waals surface area contributed by atoms with Gasteiger partial charge in [-0.05, 0) is 61.9 Å². The fourth-order valence-electron chi connectivity index (χ4n) is 7.70. The van der Waals surface area contributed by atoms with Crippen LogP contribution in [0.4, 0.5) is 0 Å². The van der Waals surface area contributed by atoms with Crippen LogP contribution in [0, 0.1) is 23.2 Å². The summed E-state index contributed by atoms with van der Waals surface area (Å²) in [7, 11) is 3.25. The van der Waals surface area contributed by atoms with E-state index in [9.17, 15) is 4.79 Å². The number of ketones is 1. The van der Waals surface area contributed by atoms with Crippen molar-refractivity contribution in [3.05, 3.63) is 84.5 Å². The molecule has 1 saturated heterocycles. The van der Waals surface area contributed by atoms with Crippen molar-refractivity contribution in [1.29, 1.82) is 0 Å². The Morgan fingerprint density at radius 3 is 2.39 bits per heavy atom. The number of carbonyl (C=O) groups excluding carboxylic acids is 1. The molecule has 2 bridgehead atoms. The van der Waals surface area contributed by atoms with E-state index in [2.05, 4.69) is 50.8 Å². The molecule has 2 aromatic rings. The minimum Gasteiger partial charge on any atom is -0.497 e. The zero-order valence-electron chi connectivity index (χ0n) is 28.3. The number of methoxy groups -OCH3 is 2. The molecule has 7 nitrogen and oxygen atoms in total. The molecule has 1 unspecified atom stereocenters. The highest BCUT2D eigenvalue weighted by Crippen LogP contribution is 2.55. The molecule has 8 heteroatoms. The highest BCUT2D eigenvalue weighted by Gasteiger charge is 2.61. The number of thioether (sulfide) groups is 1.